The summed E-state index contributed by atoms with van der Waals surface area (Å²) < 4.78 is 0. The van der Waals surface area contributed by atoms with E-state index in [0.29, 0.717) is 0 Å². The van der Waals surface area contributed by atoms with Crippen LogP contribution in [0.2, 0.25) is 0 Å². The summed E-state index contributed by atoms with van der Waals surface area (Å²) in [6, 6.07) is 12.7. The largest absolute Gasteiger partial charge is 0.368 e. The number of hydrogen-bond acceptors (Lipinski definition) is 5. The van der Waals surface area contributed by atoms with Crippen LogP contribution < -0.4 is 14.7 Å². The van der Waals surface area contributed by atoms with Crippen molar-refractivity contribution in [1.82, 2.24) is 9.97 Å². The Morgan fingerprint density at radius 3 is 2.13 bits per heavy atom. The highest BCUT2D eigenvalue weighted by Crippen LogP contribution is 2.21. The van der Waals surface area contributed by atoms with Gasteiger partial charge < -0.3 is 14.7 Å². The molecule has 0 aliphatic carbocycles. The van der Waals surface area contributed by atoms with Crippen LogP contribution in [0, 0.1) is 0 Å². The molecule has 2 aliphatic heterocycles. The lowest BCUT2D eigenvalue weighted by molar-refractivity contribution is 0.646. The molecule has 5 nitrogen and oxygen atoms in total. The number of anilines is 3. The fourth-order valence-corrected chi connectivity index (χ4v) is 3.42. The van der Waals surface area contributed by atoms with E-state index in [1.807, 2.05) is 12.3 Å². The Morgan fingerprint density at radius 2 is 1.39 bits per heavy atom. The summed E-state index contributed by atoms with van der Waals surface area (Å²) in [6.45, 7) is 6.26. The maximum Gasteiger partial charge on any atom is 0.227 e. The molecule has 0 atom stereocenters. The third-order valence-electron chi connectivity index (χ3n) is 4.74. The van der Waals surface area contributed by atoms with Gasteiger partial charge in [0, 0.05) is 51.2 Å². The van der Waals surface area contributed by atoms with Crippen molar-refractivity contribution in [3.8, 4) is 0 Å². The molecule has 1 aromatic carbocycles. The molecule has 2 saturated heterocycles. The summed E-state index contributed by atoms with van der Waals surface area (Å²) in [5, 5.41) is 0. The Hall–Kier alpha value is -2.30. The van der Waals surface area contributed by atoms with Gasteiger partial charge in [0.2, 0.25) is 5.95 Å². The van der Waals surface area contributed by atoms with Crippen LogP contribution in [0.1, 0.15) is 12.8 Å². The number of para-hydroxylation sites is 1. The molecule has 0 unspecified atom stereocenters. The molecule has 0 radical (unpaired) electrons. The Balaban J connectivity index is 1.43. The predicted molar refractivity (Wildman–Crippen MR) is 94.3 cm³/mol. The van der Waals surface area contributed by atoms with Gasteiger partial charge in [0.1, 0.15) is 5.82 Å². The zero-order chi connectivity index (χ0) is 15.5. The Bertz CT molecular complexity index is 631. The molecule has 0 saturated carbocycles. The van der Waals surface area contributed by atoms with Crippen molar-refractivity contribution in [3.05, 3.63) is 42.6 Å². The minimum atomic E-state index is 0.894. The second-order valence-electron chi connectivity index (χ2n) is 6.22. The van der Waals surface area contributed by atoms with Gasteiger partial charge in [-0.05, 0) is 31.0 Å². The monoisotopic (exact) mass is 309 g/mol. The highest BCUT2D eigenvalue weighted by molar-refractivity contribution is 5.50. The van der Waals surface area contributed by atoms with Crippen LogP contribution in [0.4, 0.5) is 17.5 Å². The molecule has 0 bridgehead atoms. The summed E-state index contributed by atoms with van der Waals surface area (Å²) in [5.74, 6) is 1.96. The van der Waals surface area contributed by atoms with Gasteiger partial charge in [-0.2, -0.15) is 4.98 Å². The Morgan fingerprint density at radius 1 is 0.696 bits per heavy atom. The molecular formula is C18H23N5. The van der Waals surface area contributed by atoms with Gasteiger partial charge in [-0.25, -0.2) is 4.98 Å². The van der Waals surface area contributed by atoms with Gasteiger partial charge in [-0.1, -0.05) is 18.2 Å². The van der Waals surface area contributed by atoms with Gasteiger partial charge >= 0.3 is 0 Å². The van der Waals surface area contributed by atoms with E-state index >= 15 is 0 Å². The quantitative estimate of drug-likeness (QED) is 0.870. The number of nitrogens with zero attached hydrogens (tertiary/aromatic N) is 5. The molecule has 3 heterocycles. The second-order valence-corrected chi connectivity index (χ2v) is 6.22. The lowest BCUT2D eigenvalue weighted by Gasteiger charge is -2.36. The Labute approximate surface area is 137 Å². The molecule has 23 heavy (non-hydrogen) atoms. The molecule has 0 N–H and O–H groups in total. The summed E-state index contributed by atoms with van der Waals surface area (Å²) in [5.41, 5.74) is 1.31. The van der Waals surface area contributed by atoms with Gasteiger partial charge in [0.05, 0.1) is 0 Å². The van der Waals surface area contributed by atoms with Gasteiger partial charge in [-0.3, -0.25) is 0 Å². The third-order valence-corrected chi connectivity index (χ3v) is 4.74. The molecule has 4 rings (SSSR count). The smallest absolute Gasteiger partial charge is 0.227 e. The number of aromatic nitrogens is 2. The fraction of sp³-hybridized carbons (Fsp3) is 0.444. The molecule has 1 aromatic heterocycles. The van der Waals surface area contributed by atoms with Crippen molar-refractivity contribution in [3.63, 3.8) is 0 Å². The molecular weight excluding hydrogens is 286 g/mol. The lowest BCUT2D eigenvalue weighted by atomic mass is 10.2. The first-order chi connectivity index (χ1) is 11.4. The summed E-state index contributed by atoms with van der Waals surface area (Å²) in [4.78, 5) is 16.4. The van der Waals surface area contributed by atoms with Gasteiger partial charge in [-0.15, -0.1) is 0 Å². The van der Waals surface area contributed by atoms with Crippen molar-refractivity contribution in [1.29, 1.82) is 0 Å². The number of piperazine rings is 1. The SMILES string of the molecule is c1ccc(N2CCN(c3ccnc(N4CCCC4)n3)CC2)cc1. The predicted octanol–water partition coefficient (Wildman–Crippen LogP) is 2.40. The van der Waals surface area contributed by atoms with E-state index in [-0.39, 0.29) is 0 Å². The van der Waals surface area contributed by atoms with Crippen LogP contribution in [0.25, 0.3) is 0 Å². The van der Waals surface area contributed by atoms with Crippen molar-refractivity contribution >= 4 is 17.5 Å². The second kappa shape index (κ2) is 6.44. The molecule has 0 amide bonds. The minimum Gasteiger partial charge on any atom is -0.368 e. The van der Waals surface area contributed by atoms with Crippen molar-refractivity contribution in [2.75, 3.05) is 54.0 Å². The third kappa shape index (κ3) is 3.09. The summed E-state index contributed by atoms with van der Waals surface area (Å²) in [7, 11) is 0. The fourth-order valence-electron chi connectivity index (χ4n) is 3.42. The number of hydrogen-bond donors (Lipinski definition) is 0. The molecule has 2 fully saturated rings. The molecule has 120 valence electrons. The minimum absolute atomic E-state index is 0.894. The number of rotatable bonds is 3. The van der Waals surface area contributed by atoms with Crippen LogP contribution in [-0.2, 0) is 0 Å². The molecule has 0 spiro atoms. The zero-order valence-corrected chi connectivity index (χ0v) is 13.4. The highest BCUT2D eigenvalue weighted by Gasteiger charge is 2.20. The first kappa shape index (κ1) is 14.3. The van der Waals surface area contributed by atoms with Gasteiger partial charge in [0.15, 0.2) is 0 Å². The Kier molecular flexibility index (Phi) is 4.01. The van der Waals surface area contributed by atoms with E-state index in [0.717, 1.165) is 51.0 Å². The normalized spacial score (nSPS) is 18.5. The maximum atomic E-state index is 4.80. The van der Waals surface area contributed by atoms with E-state index in [1.165, 1.54) is 18.5 Å². The topological polar surface area (TPSA) is 35.5 Å². The van der Waals surface area contributed by atoms with Crippen molar-refractivity contribution in [2.45, 2.75) is 12.8 Å². The summed E-state index contributed by atoms with van der Waals surface area (Å²) in [6.07, 6.45) is 4.41. The van der Waals surface area contributed by atoms with Crippen LogP contribution >= 0.6 is 0 Å². The van der Waals surface area contributed by atoms with Crippen LogP contribution in [0.5, 0.6) is 0 Å². The van der Waals surface area contributed by atoms with Crippen molar-refractivity contribution in [2.24, 2.45) is 0 Å². The van der Waals surface area contributed by atoms with E-state index in [1.54, 1.807) is 0 Å². The van der Waals surface area contributed by atoms with Crippen LogP contribution in [0.3, 0.4) is 0 Å². The first-order valence-electron chi connectivity index (χ1n) is 8.53. The van der Waals surface area contributed by atoms with Crippen molar-refractivity contribution < 1.29 is 0 Å². The summed E-state index contributed by atoms with van der Waals surface area (Å²) >= 11 is 0. The van der Waals surface area contributed by atoms with Crippen LogP contribution in [0.15, 0.2) is 42.6 Å². The highest BCUT2D eigenvalue weighted by atomic mass is 15.3. The van der Waals surface area contributed by atoms with E-state index < -0.39 is 0 Å². The van der Waals surface area contributed by atoms with E-state index in [9.17, 15) is 0 Å². The average molecular weight is 309 g/mol. The molecule has 5 heteroatoms. The molecule has 2 aliphatic rings. The maximum absolute atomic E-state index is 4.80. The van der Waals surface area contributed by atoms with Crippen LogP contribution in [-0.4, -0.2) is 49.2 Å². The molecule has 2 aromatic rings. The number of benzene rings is 1. The standard InChI is InChI=1S/C18H23N5/c1-2-6-16(7-3-1)21-12-14-22(15-13-21)17-8-9-19-18(20-17)23-10-4-5-11-23/h1-3,6-9H,4-5,10-15H2. The lowest BCUT2D eigenvalue weighted by Crippen LogP contribution is -2.46. The zero-order valence-electron chi connectivity index (χ0n) is 13.4. The van der Waals surface area contributed by atoms with E-state index in [2.05, 4.69) is 50.0 Å². The average Bonchev–Trinajstić information content (AvgIpc) is 3.18. The van der Waals surface area contributed by atoms with Gasteiger partial charge in [0.25, 0.3) is 0 Å². The first-order valence-corrected chi connectivity index (χ1v) is 8.53. The van der Waals surface area contributed by atoms with E-state index in [4.69, 9.17) is 4.98 Å².